The highest BCUT2D eigenvalue weighted by Crippen LogP contribution is 2.23. The Labute approximate surface area is 178 Å². The normalized spacial score (nSPS) is 10.4. The number of esters is 1. The molecular weight excluding hydrogens is 430 g/mol. The fraction of sp³-hybridized carbons (Fsp3) is 0.222. The number of carbonyl (C=O) groups excluding carboxylic acids is 2. The molecule has 3 aromatic heterocycles. The first-order valence-corrected chi connectivity index (χ1v) is 10.5. The summed E-state index contributed by atoms with van der Waals surface area (Å²) in [4.78, 5) is 46.7. The number of H-pyrrole nitrogens is 1. The Bertz CT molecular complexity index is 1150. The molecule has 0 aliphatic heterocycles. The minimum atomic E-state index is -0.620. The number of ether oxygens (including phenoxy) is 1. The van der Waals surface area contributed by atoms with Crippen molar-refractivity contribution in [2.45, 2.75) is 18.5 Å². The topological polar surface area (TPSA) is 151 Å². The van der Waals surface area contributed by atoms with Crippen LogP contribution in [0.2, 0.25) is 0 Å². The van der Waals surface area contributed by atoms with Gasteiger partial charge in [0.2, 0.25) is 5.91 Å². The summed E-state index contributed by atoms with van der Waals surface area (Å²) >= 11 is 2.18. The van der Waals surface area contributed by atoms with Crippen LogP contribution in [0.5, 0.6) is 0 Å². The number of nitriles is 1. The first-order chi connectivity index (χ1) is 14.5. The molecule has 3 aromatic rings. The van der Waals surface area contributed by atoms with Crippen LogP contribution >= 0.6 is 23.1 Å². The lowest BCUT2D eigenvalue weighted by Crippen LogP contribution is -2.17. The summed E-state index contributed by atoms with van der Waals surface area (Å²) < 4.78 is 10.1. The fourth-order valence-corrected chi connectivity index (χ4v) is 3.70. The minimum Gasteiger partial charge on any atom is -0.466 e. The van der Waals surface area contributed by atoms with E-state index in [-0.39, 0.29) is 52.8 Å². The van der Waals surface area contributed by atoms with Gasteiger partial charge in [0.1, 0.15) is 17.3 Å². The Morgan fingerprint density at radius 1 is 1.43 bits per heavy atom. The molecular formula is C18H15N5O5S2. The van der Waals surface area contributed by atoms with Crippen LogP contribution in [0.15, 0.2) is 38.1 Å². The third-order valence-corrected chi connectivity index (χ3v) is 5.21. The Kier molecular flexibility index (Phi) is 6.99. The van der Waals surface area contributed by atoms with Gasteiger partial charge in [-0.25, -0.2) is 9.97 Å². The highest BCUT2D eigenvalue weighted by atomic mass is 32.2. The number of rotatable bonds is 8. The largest absolute Gasteiger partial charge is 0.466 e. The molecule has 0 saturated carbocycles. The standard InChI is InChI=1S/C18H15N5O5S2/c1-2-27-14(25)6-10-8-29-17(20-10)21-13(24)9-30-18-22-15(12-4-3-5-28-12)11(7-19)16(26)23-18/h3-5,8H,2,6,9H2,1H3,(H,20,21,24)(H,22,23,26). The second-order valence-electron chi connectivity index (χ2n) is 5.65. The molecule has 3 rings (SSSR count). The van der Waals surface area contributed by atoms with Gasteiger partial charge >= 0.3 is 5.97 Å². The molecule has 3 heterocycles. The van der Waals surface area contributed by atoms with Gasteiger partial charge in [-0.1, -0.05) is 11.8 Å². The van der Waals surface area contributed by atoms with Crippen molar-refractivity contribution in [2.24, 2.45) is 0 Å². The molecule has 1 amide bonds. The van der Waals surface area contributed by atoms with Gasteiger partial charge in [-0.05, 0) is 19.1 Å². The molecule has 0 aliphatic carbocycles. The number of nitrogens with one attached hydrogen (secondary N) is 2. The van der Waals surface area contributed by atoms with Crippen LogP contribution in [0.4, 0.5) is 5.13 Å². The lowest BCUT2D eigenvalue weighted by Gasteiger charge is -2.04. The fourth-order valence-electron chi connectivity index (χ4n) is 2.31. The number of thiazole rings is 1. The zero-order valence-corrected chi connectivity index (χ0v) is 17.3. The van der Waals surface area contributed by atoms with Crippen LogP contribution in [-0.2, 0) is 20.7 Å². The van der Waals surface area contributed by atoms with Crippen LogP contribution in [-0.4, -0.2) is 39.2 Å². The van der Waals surface area contributed by atoms with Gasteiger partial charge in [0, 0.05) is 5.38 Å². The van der Waals surface area contributed by atoms with E-state index in [9.17, 15) is 19.6 Å². The highest BCUT2D eigenvalue weighted by Gasteiger charge is 2.17. The van der Waals surface area contributed by atoms with Gasteiger partial charge in [-0.2, -0.15) is 5.26 Å². The predicted molar refractivity (Wildman–Crippen MR) is 109 cm³/mol. The Hall–Kier alpha value is -3.43. The zero-order chi connectivity index (χ0) is 21.5. The van der Waals surface area contributed by atoms with Crippen molar-refractivity contribution in [3.05, 3.63) is 45.4 Å². The maximum Gasteiger partial charge on any atom is 0.311 e. The van der Waals surface area contributed by atoms with E-state index in [4.69, 9.17) is 9.15 Å². The van der Waals surface area contributed by atoms with Gasteiger partial charge in [-0.3, -0.25) is 14.4 Å². The number of furan rings is 1. The van der Waals surface area contributed by atoms with Crippen molar-refractivity contribution in [1.82, 2.24) is 15.0 Å². The smallest absolute Gasteiger partial charge is 0.311 e. The van der Waals surface area contributed by atoms with Gasteiger partial charge in [0.05, 0.1) is 30.7 Å². The summed E-state index contributed by atoms with van der Waals surface area (Å²) in [5, 5.41) is 14.0. The molecule has 154 valence electrons. The van der Waals surface area contributed by atoms with E-state index in [2.05, 4.69) is 20.3 Å². The minimum absolute atomic E-state index is 0.0287. The quantitative estimate of drug-likeness (QED) is 0.302. The molecule has 30 heavy (non-hydrogen) atoms. The molecule has 0 bridgehead atoms. The second-order valence-corrected chi connectivity index (χ2v) is 7.47. The lowest BCUT2D eigenvalue weighted by molar-refractivity contribution is -0.142. The van der Waals surface area contributed by atoms with Crippen LogP contribution in [0.25, 0.3) is 11.5 Å². The van der Waals surface area contributed by atoms with Crippen molar-refractivity contribution in [1.29, 1.82) is 5.26 Å². The van der Waals surface area contributed by atoms with E-state index in [1.54, 1.807) is 30.5 Å². The third kappa shape index (κ3) is 5.34. The van der Waals surface area contributed by atoms with E-state index in [1.165, 1.54) is 17.6 Å². The van der Waals surface area contributed by atoms with Crippen LogP contribution < -0.4 is 10.9 Å². The molecule has 0 radical (unpaired) electrons. The molecule has 0 atom stereocenters. The summed E-state index contributed by atoms with van der Waals surface area (Å²) in [5.41, 5.74) is -0.179. The average molecular weight is 445 g/mol. The number of aromatic amines is 1. The molecule has 0 spiro atoms. The average Bonchev–Trinajstić information content (AvgIpc) is 3.38. The molecule has 12 heteroatoms. The van der Waals surface area contributed by atoms with E-state index in [1.807, 2.05) is 0 Å². The first kappa shape index (κ1) is 21.3. The monoisotopic (exact) mass is 445 g/mol. The Morgan fingerprint density at radius 3 is 2.97 bits per heavy atom. The molecule has 0 saturated heterocycles. The first-order valence-electron chi connectivity index (χ1n) is 8.61. The maximum atomic E-state index is 12.2. The van der Waals surface area contributed by atoms with E-state index >= 15 is 0 Å². The number of hydrogen-bond donors (Lipinski definition) is 2. The number of nitrogens with zero attached hydrogens (tertiary/aromatic N) is 3. The second kappa shape index (κ2) is 9.86. The Balaban J connectivity index is 1.63. The van der Waals surface area contributed by atoms with Gasteiger partial charge < -0.3 is 19.5 Å². The van der Waals surface area contributed by atoms with Crippen LogP contribution in [0.3, 0.4) is 0 Å². The van der Waals surface area contributed by atoms with E-state index in [0.717, 1.165) is 11.8 Å². The maximum absolute atomic E-state index is 12.2. The van der Waals surface area contributed by atoms with Gasteiger partial charge in [0.25, 0.3) is 5.56 Å². The molecule has 0 aliphatic rings. The van der Waals surface area contributed by atoms with Crippen molar-refractivity contribution < 1.29 is 18.7 Å². The summed E-state index contributed by atoms with van der Waals surface area (Å²) in [5.74, 6) is -0.539. The van der Waals surface area contributed by atoms with Crippen molar-refractivity contribution in [3.8, 4) is 17.5 Å². The number of amides is 1. The molecule has 2 N–H and O–H groups in total. The van der Waals surface area contributed by atoms with Gasteiger partial charge in [0.15, 0.2) is 16.0 Å². The van der Waals surface area contributed by atoms with Crippen molar-refractivity contribution in [2.75, 3.05) is 17.7 Å². The van der Waals surface area contributed by atoms with Crippen molar-refractivity contribution in [3.63, 3.8) is 0 Å². The van der Waals surface area contributed by atoms with E-state index < -0.39 is 5.56 Å². The zero-order valence-electron chi connectivity index (χ0n) is 15.6. The number of anilines is 1. The third-order valence-electron chi connectivity index (χ3n) is 3.53. The predicted octanol–water partition coefficient (Wildman–Crippen LogP) is 2.19. The van der Waals surface area contributed by atoms with Crippen molar-refractivity contribution >= 4 is 40.1 Å². The SMILES string of the molecule is CCOC(=O)Cc1csc(NC(=O)CSc2nc(-c3ccco3)c(C#N)c(=O)[nH]2)n1. The van der Waals surface area contributed by atoms with Crippen LogP contribution in [0, 0.1) is 11.3 Å². The highest BCUT2D eigenvalue weighted by molar-refractivity contribution is 7.99. The summed E-state index contributed by atoms with van der Waals surface area (Å²) in [7, 11) is 0. The molecule has 0 fully saturated rings. The van der Waals surface area contributed by atoms with Crippen LogP contribution in [0.1, 0.15) is 18.2 Å². The Morgan fingerprint density at radius 2 is 2.27 bits per heavy atom. The number of aromatic nitrogens is 3. The van der Waals surface area contributed by atoms with E-state index in [0.29, 0.717) is 10.8 Å². The molecule has 10 nitrogen and oxygen atoms in total. The van der Waals surface area contributed by atoms with Gasteiger partial charge in [-0.15, -0.1) is 11.3 Å². The summed E-state index contributed by atoms with van der Waals surface area (Å²) in [6, 6.07) is 5.00. The number of thioether (sulfide) groups is 1. The molecule has 0 unspecified atom stereocenters. The summed E-state index contributed by atoms with van der Waals surface area (Å²) in [6.07, 6.45) is 1.44. The molecule has 0 aromatic carbocycles. The lowest BCUT2D eigenvalue weighted by atomic mass is 10.2. The number of hydrogen-bond acceptors (Lipinski definition) is 10. The summed E-state index contributed by atoms with van der Waals surface area (Å²) in [6.45, 7) is 2.01. The number of carbonyl (C=O) groups is 2.